The Morgan fingerprint density at radius 1 is 1.45 bits per heavy atom. The standard InChI is InChI=1S/C14H18N2O4S2/c1-16-10(5-6-11(16)9-14(17)20-2)8-12(15-22(18)19)13-4-3-7-21-13/h3-7,12,15H,8-9H2,1-2H3,(H,18,19)/p-1. The summed E-state index contributed by atoms with van der Waals surface area (Å²) in [5.41, 5.74) is 1.77. The summed E-state index contributed by atoms with van der Waals surface area (Å²) in [6.07, 6.45) is 0.698. The van der Waals surface area contributed by atoms with Crippen molar-refractivity contribution in [3.05, 3.63) is 45.9 Å². The van der Waals surface area contributed by atoms with Crippen LogP contribution in [-0.2, 0) is 40.7 Å². The van der Waals surface area contributed by atoms with Gasteiger partial charge in [-0.25, -0.2) is 4.72 Å². The zero-order chi connectivity index (χ0) is 16.1. The minimum absolute atomic E-state index is 0.192. The Bertz CT molecular complexity index is 652. The molecule has 0 saturated carbocycles. The molecule has 0 aromatic carbocycles. The Labute approximate surface area is 135 Å². The van der Waals surface area contributed by atoms with E-state index in [1.807, 2.05) is 41.3 Å². The van der Waals surface area contributed by atoms with Crippen molar-refractivity contribution < 1.29 is 18.3 Å². The predicted octanol–water partition coefficient (Wildman–Crippen LogP) is 1.47. The average Bonchev–Trinajstić information content (AvgIpc) is 3.11. The average molecular weight is 341 g/mol. The van der Waals surface area contributed by atoms with E-state index in [9.17, 15) is 13.6 Å². The Balaban J connectivity index is 2.16. The van der Waals surface area contributed by atoms with Crippen LogP contribution in [0.2, 0.25) is 0 Å². The molecule has 0 radical (unpaired) electrons. The van der Waals surface area contributed by atoms with Crippen LogP contribution in [0.5, 0.6) is 0 Å². The number of aromatic nitrogens is 1. The maximum atomic E-state index is 11.4. The van der Waals surface area contributed by atoms with Crippen molar-refractivity contribution in [2.45, 2.75) is 18.9 Å². The molecule has 2 atom stereocenters. The van der Waals surface area contributed by atoms with Crippen LogP contribution in [0.3, 0.4) is 0 Å². The van der Waals surface area contributed by atoms with Gasteiger partial charge in [-0.05, 0) is 23.6 Å². The van der Waals surface area contributed by atoms with Crippen molar-refractivity contribution in [2.24, 2.45) is 7.05 Å². The number of carbonyl (C=O) groups excluding carboxylic acids is 1. The first-order valence-corrected chi connectivity index (χ1v) is 8.56. The molecule has 2 unspecified atom stereocenters. The number of hydrogen-bond donors (Lipinski definition) is 1. The topological polar surface area (TPSA) is 83.4 Å². The molecule has 0 aliphatic carbocycles. The minimum Gasteiger partial charge on any atom is -0.760 e. The fourth-order valence-electron chi connectivity index (χ4n) is 2.22. The molecule has 0 bridgehead atoms. The van der Waals surface area contributed by atoms with E-state index in [0.717, 1.165) is 16.3 Å². The van der Waals surface area contributed by atoms with Gasteiger partial charge >= 0.3 is 5.97 Å². The second-order valence-electron chi connectivity index (χ2n) is 4.75. The SMILES string of the molecule is COC(=O)Cc1ccc(CC(NS(=O)[O-])c2cccs2)n1C. The van der Waals surface area contributed by atoms with Gasteiger partial charge in [0, 0.05) is 41.0 Å². The number of ether oxygens (including phenoxy) is 1. The summed E-state index contributed by atoms with van der Waals surface area (Å²) in [4.78, 5) is 12.3. The molecule has 120 valence electrons. The highest BCUT2D eigenvalue weighted by Crippen LogP contribution is 2.24. The molecule has 8 heteroatoms. The lowest BCUT2D eigenvalue weighted by Gasteiger charge is -2.19. The van der Waals surface area contributed by atoms with Crippen molar-refractivity contribution in [2.75, 3.05) is 7.11 Å². The summed E-state index contributed by atoms with van der Waals surface area (Å²) in [6, 6.07) is 7.21. The second kappa shape index (κ2) is 7.68. The number of methoxy groups -OCH3 is 1. The number of carbonyl (C=O) groups is 1. The number of nitrogens with zero attached hydrogens (tertiary/aromatic N) is 1. The summed E-state index contributed by atoms with van der Waals surface area (Å²) in [6.45, 7) is 0. The number of hydrogen-bond acceptors (Lipinski definition) is 5. The van der Waals surface area contributed by atoms with Gasteiger partial charge in [0.05, 0.1) is 19.6 Å². The summed E-state index contributed by atoms with van der Waals surface area (Å²) in [5, 5.41) is 1.91. The van der Waals surface area contributed by atoms with Crippen LogP contribution in [0.4, 0.5) is 0 Å². The van der Waals surface area contributed by atoms with Gasteiger partial charge in [0.1, 0.15) is 0 Å². The first-order chi connectivity index (χ1) is 10.5. The fourth-order valence-corrected chi connectivity index (χ4v) is 3.51. The zero-order valence-corrected chi connectivity index (χ0v) is 13.9. The smallest absolute Gasteiger partial charge is 0.311 e. The number of esters is 1. The molecule has 22 heavy (non-hydrogen) atoms. The summed E-state index contributed by atoms with van der Waals surface area (Å²) >= 11 is -0.841. The maximum absolute atomic E-state index is 11.4. The lowest BCUT2D eigenvalue weighted by molar-refractivity contribution is -0.139. The van der Waals surface area contributed by atoms with E-state index in [2.05, 4.69) is 9.46 Å². The molecule has 0 amide bonds. The highest BCUT2D eigenvalue weighted by Gasteiger charge is 2.17. The van der Waals surface area contributed by atoms with Gasteiger partial charge in [-0.2, -0.15) is 0 Å². The Morgan fingerprint density at radius 2 is 2.18 bits per heavy atom. The highest BCUT2D eigenvalue weighted by molar-refractivity contribution is 7.77. The number of rotatable bonds is 7. The van der Waals surface area contributed by atoms with Crippen LogP contribution >= 0.6 is 11.3 Å². The molecule has 1 N–H and O–H groups in total. The second-order valence-corrected chi connectivity index (χ2v) is 6.44. The number of nitrogens with one attached hydrogen (secondary N) is 1. The summed E-state index contributed by atoms with van der Waals surface area (Å²) in [5.74, 6) is -0.304. The maximum Gasteiger partial charge on any atom is 0.311 e. The third-order valence-electron chi connectivity index (χ3n) is 3.42. The third kappa shape index (κ3) is 4.26. The van der Waals surface area contributed by atoms with Crippen molar-refractivity contribution in [1.82, 2.24) is 9.29 Å². The van der Waals surface area contributed by atoms with E-state index in [1.165, 1.54) is 18.4 Å². The lowest BCUT2D eigenvalue weighted by Crippen LogP contribution is -2.25. The van der Waals surface area contributed by atoms with E-state index in [-0.39, 0.29) is 18.4 Å². The van der Waals surface area contributed by atoms with Gasteiger partial charge in [0.15, 0.2) is 0 Å². The van der Waals surface area contributed by atoms with Gasteiger partial charge in [0.2, 0.25) is 0 Å². The van der Waals surface area contributed by atoms with Crippen LogP contribution in [0.15, 0.2) is 29.6 Å². The van der Waals surface area contributed by atoms with Crippen LogP contribution in [0, 0.1) is 0 Å². The molecule has 0 saturated heterocycles. The Hall–Kier alpha value is -1.48. The predicted molar refractivity (Wildman–Crippen MR) is 84.0 cm³/mol. The van der Waals surface area contributed by atoms with Crippen molar-refractivity contribution in [3.8, 4) is 0 Å². The van der Waals surface area contributed by atoms with Gasteiger partial charge in [-0.15, -0.1) is 11.3 Å². The number of thiophene rings is 1. The van der Waals surface area contributed by atoms with E-state index >= 15 is 0 Å². The van der Waals surface area contributed by atoms with Crippen LogP contribution in [0.1, 0.15) is 22.3 Å². The summed E-state index contributed by atoms with van der Waals surface area (Å²) < 4.78 is 31.1. The highest BCUT2D eigenvalue weighted by atomic mass is 32.2. The van der Waals surface area contributed by atoms with E-state index in [0.29, 0.717) is 6.42 Å². The third-order valence-corrected chi connectivity index (χ3v) is 4.88. The van der Waals surface area contributed by atoms with Gasteiger partial charge < -0.3 is 13.9 Å². The first-order valence-electron chi connectivity index (χ1n) is 6.60. The molecule has 2 aromatic heterocycles. The van der Waals surface area contributed by atoms with Gasteiger partial charge in [-0.1, -0.05) is 6.07 Å². The molecule has 0 aliphatic heterocycles. The van der Waals surface area contributed by atoms with E-state index in [4.69, 9.17) is 0 Å². The monoisotopic (exact) mass is 341 g/mol. The molecular formula is C14H17N2O4S2-. The lowest BCUT2D eigenvalue weighted by atomic mass is 10.1. The Morgan fingerprint density at radius 3 is 2.77 bits per heavy atom. The van der Waals surface area contributed by atoms with Crippen LogP contribution in [0.25, 0.3) is 0 Å². The fraction of sp³-hybridized carbons (Fsp3) is 0.357. The molecule has 2 aromatic rings. The van der Waals surface area contributed by atoms with Crippen molar-refractivity contribution >= 4 is 28.6 Å². The first kappa shape index (κ1) is 16.9. The Kier molecular flexibility index (Phi) is 5.90. The van der Waals surface area contributed by atoms with Gasteiger partial charge in [-0.3, -0.25) is 9.00 Å². The molecule has 0 spiro atoms. The molecular weight excluding hydrogens is 324 g/mol. The van der Waals surface area contributed by atoms with E-state index < -0.39 is 11.3 Å². The van der Waals surface area contributed by atoms with E-state index in [1.54, 1.807) is 0 Å². The molecule has 0 fully saturated rings. The van der Waals surface area contributed by atoms with Crippen molar-refractivity contribution in [3.63, 3.8) is 0 Å². The molecule has 6 nitrogen and oxygen atoms in total. The van der Waals surface area contributed by atoms with Gasteiger partial charge in [0.25, 0.3) is 0 Å². The molecule has 2 heterocycles. The normalized spacial score (nSPS) is 13.8. The molecule has 2 rings (SSSR count). The van der Waals surface area contributed by atoms with Crippen LogP contribution in [-0.4, -0.2) is 26.4 Å². The van der Waals surface area contributed by atoms with Crippen LogP contribution < -0.4 is 4.72 Å². The zero-order valence-electron chi connectivity index (χ0n) is 12.3. The minimum atomic E-state index is -2.34. The van der Waals surface area contributed by atoms with Crippen molar-refractivity contribution in [1.29, 1.82) is 0 Å². The quantitative estimate of drug-likeness (QED) is 0.611. The largest absolute Gasteiger partial charge is 0.760 e. The summed E-state index contributed by atoms with van der Waals surface area (Å²) in [7, 11) is 3.21. The molecule has 0 aliphatic rings.